The highest BCUT2D eigenvalue weighted by Crippen LogP contribution is 2.17. The molecule has 0 aliphatic carbocycles. The smallest absolute Gasteiger partial charge is 0.339 e. The Morgan fingerprint density at radius 3 is 3.10 bits per heavy atom. The van der Waals surface area contributed by atoms with Crippen LogP contribution in [0.25, 0.3) is 0 Å². The molecule has 1 aliphatic rings. The lowest BCUT2D eigenvalue weighted by Crippen LogP contribution is -2.33. The van der Waals surface area contributed by atoms with Crippen molar-refractivity contribution >= 4 is 5.97 Å². The van der Waals surface area contributed by atoms with Gasteiger partial charge in [0.25, 0.3) is 0 Å². The van der Waals surface area contributed by atoms with E-state index in [1.807, 2.05) is 0 Å². The molecule has 0 unspecified atom stereocenters. The number of ether oxygens (including phenoxy) is 2. The zero-order valence-corrected chi connectivity index (χ0v) is 11.7. The maximum absolute atomic E-state index is 11.1. The summed E-state index contributed by atoms with van der Waals surface area (Å²) in [4.78, 5) is 13.4. The summed E-state index contributed by atoms with van der Waals surface area (Å²) in [6.07, 6.45) is 1.26. The third-order valence-corrected chi connectivity index (χ3v) is 3.32. The number of carbonyl (C=O) groups is 1. The van der Waals surface area contributed by atoms with Crippen molar-refractivity contribution in [3.8, 4) is 5.75 Å². The van der Waals surface area contributed by atoms with Gasteiger partial charge in [0.15, 0.2) is 0 Å². The second-order valence-electron chi connectivity index (χ2n) is 4.99. The van der Waals surface area contributed by atoms with Crippen molar-refractivity contribution < 1.29 is 19.4 Å². The summed E-state index contributed by atoms with van der Waals surface area (Å²) in [5.74, 6) is -0.531. The molecular weight excluding hydrogens is 258 g/mol. The zero-order chi connectivity index (χ0) is 14.4. The van der Waals surface area contributed by atoms with Crippen LogP contribution in [-0.2, 0) is 4.74 Å². The molecule has 20 heavy (non-hydrogen) atoms. The van der Waals surface area contributed by atoms with Crippen molar-refractivity contribution in [2.24, 2.45) is 0 Å². The SMILES string of the molecule is C[C@H]1CN(CCOc2ccccc2C(=O)O)CCCO1. The monoisotopic (exact) mass is 279 g/mol. The zero-order valence-electron chi connectivity index (χ0n) is 11.7. The molecule has 1 heterocycles. The van der Waals surface area contributed by atoms with Gasteiger partial charge in [-0.2, -0.15) is 0 Å². The van der Waals surface area contributed by atoms with Crippen molar-refractivity contribution in [3.63, 3.8) is 0 Å². The Labute approximate surface area is 119 Å². The number of benzene rings is 1. The molecular formula is C15H21NO4. The minimum Gasteiger partial charge on any atom is -0.491 e. The van der Waals surface area contributed by atoms with Gasteiger partial charge in [0.05, 0.1) is 6.10 Å². The quantitative estimate of drug-likeness (QED) is 0.891. The molecule has 1 aromatic rings. The van der Waals surface area contributed by atoms with Crippen LogP contribution in [0, 0.1) is 0 Å². The van der Waals surface area contributed by atoms with Crippen LogP contribution in [0.15, 0.2) is 24.3 Å². The summed E-state index contributed by atoms with van der Waals surface area (Å²) in [5.41, 5.74) is 0.208. The van der Waals surface area contributed by atoms with E-state index in [2.05, 4.69) is 11.8 Å². The van der Waals surface area contributed by atoms with Crippen LogP contribution in [0.4, 0.5) is 0 Å². The normalized spacial score (nSPS) is 20.4. The number of carboxylic acid groups (broad SMARTS) is 1. The van der Waals surface area contributed by atoms with Crippen molar-refractivity contribution in [2.75, 3.05) is 32.8 Å². The van der Waals surface area contributed by atoms with Crippen molar-refractivity contribution in [2.45, 2.75) is 19.4 Å². The summed E-state index contributed by atoms with van der Waals surface area (Å²) >= 11 is 0. The minimum atomic E-state index is -0.961. The van der Waals surface area contributed by atoms with Crippen LogP contribution in [0.3, 0.4) is 0 Å². The highest BCUT2D eigenvalue weighted by molar-refractivity contribution is 5.90. The Hall–Kier alpha value is -1.59. The van der Waals surface area contributed by atoms with E-state index in [9.17, 15) is 4.79 Å². The van der Waals surface area contributed by atoms with Gasteiger partial charge in [-0.15, -0.1) is 0 Å². The van der Waals surface area contributed by atoms with E-state index in [4.69, 9.17) is 14.6 Å². The topological polar surface area (TPSA) is 59.0 Å². The Kier molecular flexibility index (Phi) is 5.38. The Morgan fingerprint density at radius 1 is 1.50 bits per heavy atom. The molecule has 1 atom stereocenters. The Bertz CT molecular complexity index is 449. The van der Waals surface area contributed by atoms with E-state index >= 15 is 0 Å². The van der Waals surface area contributed by atoms with Crippen LogP contribution in [0.5, 0.6) is 5.75 Å². The van der Waals surface area contributed by atoms with Gasteiger partial charge in [-0.1, -0.05) is 12.1 Å². The maximum Gasteiger partial charge on any atom is 0.339 e. The van der Waals surface area contributed by atoms with E-state index < -0.39 is 5.97 Å². The molecule has 0 bridgehead atoms. The van der Waals surface area contributed by atoms with Crippen LogP contribution in [-0.4, -0.2) is 54.9 Å². The Balaban J connectivity index is 1.85. The lowest BCUT2D eigenvalue weighted by Gasteiger charge is -2.21. The molecule has 5 heteroatoms. The molecule has 1 aromatic carbocycles. The van der Waals surface area contributed by atoms with Crippen LogP contribution >= 0.6 is 0 Å². The largest absolute Gasteiger partial charge is 0.491 e. The third-order valence-electron chi connectivity index (χ3n) is 3.32. The van der Waals surface area contributed by atoms with Gasteiger partial charge >= 0.3 is 5.97 Å². The second-order valence-corrected chi connectivity index (χ2v) is 4.99. The molecule has 1 N–H and O–H groups in total. The van der Waals surface area contributed by atoms with Crippen LogP contribution in [0.1, 0.15) is 23.7 Å². The standard InChI is InChI=1S/C15H21NO4/c1-12-11-16(7-4-9-19-12)8-10-20-14-6-3-2-5-13(14)15(17)18/h2-3,5-6,12H,4,7-11H2,1H3,(H,17,18)/t12-/m0/s1. The first-order chi connectivity index (χ1) is 9.66. The number of hydrogen-bond donors (Lipinski definition) is 1. The van der Waals surface area contributed by atoms with Crippen LogP contribution in [0.2, 0.25) is 0 Å². The number of hydrogen-bond acceptors (Lipinski definition) is 4. The molecule has 1 fully saturated rings. The average molecular weight is 279 g/mol. The summed E-state index contributed by atoms with van der Waals surface area (Å²) in [5, 5.41) is 9.08. The first kappa shape index (κ1) is 14.8. The lowest BCUT2D eigenvalue weighted by molar-refractivity contribution is 0.0656. The fourth-order valence-electron chi connectivity index (χ4n) is 2.34. The van der Waals surface area contributed by atoms with Gasteiger partial charge in [0.2, 0.25) is 0 Å². The van der Waals surface area contributed by atoms with Gasteiger partial charge in [0, 0.05) is 26.2 Å². The number of rotatable bonds is 5. The van der Waals surface area contributed by atoms with Gasteiger partial charge in [-0.3, -0.25) is 4.90 Å². The van der Waals surface area contributed by atoms with Gasteiger partial charge in [-0.25, -0.2) is 4.79 Å². The van der Waals surface area contributed by atoms with Gasteiger partial charge < -0.3 is 14.6 Å². The number of carboxylic acids is 1. The molecule has 0 radical (unpaired) electrons. The van der Waals surface area contributed by atoms with Crippen molar-refractivity contribution in [3.05, 3.63) is 29.8 Å². The first-order valence-electron chi connectivity index (χ1n) is 6.96. The van der Waals surface area contributed by atoms with E-state index in [0.29, 0.717) is 12.4 Å². The van der Waals surface area contributed by atoms with Gasteiger partial charge in [0.1, 0.15) is 17.9 Å². The first-order valence-corrected chi connectivity index (χ1v) is 6.96. The number of aromatic carboxylic acids is 1. The molecule has 2 rings (SSSR count). The molecule has 0 spiro atoms. The number of nitrogens with zero attached hydrogens (tertiary/aromatic N) is 1. The molecule has 5 nitrogen and oxygen atoms in total. The van der Waals surface area contributed by atoms with E-state index in [0.717, 1.165) is 32.7 Å². The predicted molar refractivity (Wildman–Crippen MR) is 75.4 cm³/mol. The highest BCUT2D eigenvalue weighted by atomic mass is 16.5. The summed E-state index contributed by atoms with van der Waals surface area (Å²) in [7, 11) is 0. The van der Waals surface area contributed by atoms with E-state index in [1.165, 1.54) is 0 Å². The van der Waals surface area contributed by atoms with Gasteiger partial charge in [-0.05, 0) is 25.5 Å². The second kappa shape index (κ2) is 7.26. The molecule has 0 amide bonds. The fourth-order valence-corrected chi connectivity index (χ4v) is 2.34. The molecule has 1 saturated heterocycles. The average Bonchev–Trinajstić information content (AvgIpc) is 2.63. The lowest BCUT2D eigenvalue weighted by atomic mass is 10.2. The predicted octanol–water partition coefficient (Wildman–Crippen LogP) is 1.87. The molecule has 1 aliphatic heterocycles. The summed E-state index contributed by atoms with van der Waals surface area (Å²) in [6, 6.07) is 6.73. The van der Waals surface area contributed by atoms with E-state index in [-0.39, 0.29) is 11.7 Å². The van der Waals surface area contributed by atoms with Crippen molar-refractivity contribution in [1.82, 2.24) is 4.90 Å². The van der Waals surface area contributed by atoms with E-state index in [1.54, 1.807) is 24.3 Å². The Morgan fingerprint density at radius 2 is 2.30 bits per heavy atom. The molecule has 0 aromatic heterocycles. The number of para-hydroxylation sites is 1. The van der Waals surface area contributed by atoms with Crippen molar-refractivity contribution in [1.29, 1.82) is 0 Å². The molecule has 0 saturated carbocycles. The fraction of sp³-hybridized carbons (Fsp3) is 0.533. The minimum absolute atomic E-state index is 0.208. The maximum atomic E-state index is 11.1. The molecule has 110 valence electrons. The summed E-state index contributed by atoms with van der Waals surface area (Å²) < 4.78 is 11.2. The highest BCUT2D eigenvalue weighted by Gasteiger charge is 2.15. The summed E-state index contributed by atoms with van der Waals surface area (Å²) in [6.45, 7) is 6.02. The third kappa shape index (κ3) is 4.21. The van der Waals surface area contributed by atoms with Crippen LogP contribution < -0.4 is 4.74 Å².